The van der Waals surface area contributed by atoms with Gasteiger partial charge in [0.25, 0.3) is 0 Å². The van der Waals surface area contributed by atoms with E-state index < -0.39 is 0 Å². The molecule has 0 unspecified atom stereocenters. The van der Waals surface area contributed by atoms with E-state index in [1.165, 1.54) is 0 Å². The highest BCUT2D eigenvalue weighted by molar-refractivity contribution is 14.1. The molecule has 7 heteroatoms. The summed E-state index contributed by atoms with van der Waals surface area (Å²) in [6, 6.07) is 6.19. The van der Waals surface area contributed by atoms with Crippen LogP contribution in [0.2, 0.25) is 0 Å². The predicted molar refractivity (Wildman–Crippen MR) is 84.7 cm³/mol. The van der Waals surface area contributed by atoms with Gasteiger partial charge >= 0.3 is 0 Å². The normalized spacial score (nSPS) is 11.3. The van der Waals surface area contributed by atoms with Crippen LogP contribution in [0.3, 0.4) is 0 Å². The van der Waals surface area contributed by atoms with Crippen LogP contribution in [0, 0.1) is 10.5 Å². The molecule has 2 heterocycles. The van der Waals surface area contributed by atoms with Crippen LogP contribution < -0.4 is 0 Å². The largest absolute Gasteiger partial charge is 0.339 e. The van der Waals surface area contributed by atoms with E-state index >= 15 is 0 Å². The lowest BCUT2D eigenvalue weighted by molar-refractivity contribution is 0.368. The summed E-state index contributed by atoms with van der Waals surface area (Å²) in [4.78, 5) is 8.78. The number of aromatic nitrogens is 4. The average Bonchev–Trinajstić information content (AvgIpc) is 2.99. The lowest BCUT2D eigenvalue weighted by Crippen LogP contribution is -2.05. The molecule has 0 aliphatic heterocycles. The fourth-order valence-corrected chi connectivity index (χ4v) is 2.83. The number of nitrogens with zero attached hydrogens (tertiary/aromatic N) is 4. The Morgan fingerprint density at radius 2 is 2.20 bits per heavy atom. The van der Waals surface area contributed by atoms with Gasteiger partial charge in [-0.3, -0.25) is 0 Å². The molecule has 0 aliphatic carbocycles. The number of rotatable bonds is 4. The summed E-state index contributed by atoms with van der Waals surface area (Å²) in [5.41, 5.74) is 2.05. The minimum absolute atomic E-state index is 0.383. The Morgan fingerprint density at radius 1 is 1.35 bits per heavy atom. The third-order valence-corrected chi connectivity index (χ3v) is 3.94. The van der Waals surface area contributed by atoms with Gasteiger partial charge in [-0.05, 0) is 47.7 Å². The summed E-state index contributed by atoms with van der Waals surface area (Å²) in [7, 11) is 0. The van der Waals surface area contributed by atoms with Crippen LogP contribution in [0.25, 0.3) is 11.0 Å². The van der Waals surface area contributed by atoms with Crippen molar-refractivity contribution in [2.45, 2.75) is 25.8 Å². The summed E-state index contributed by atoms with van der Waals surface area (Å²) < 4.78 is 8.41. The van der Waals surface area contributed by atoms with Crippen LogP contribution in [0.15, 0.2) is 22.7 Å². The fraction of sp³-hybridized carbons (Fsp3) is 0.308. The maximum Gasteiger partial charge on any atom is 0.228 e. The molecular weight excluding hydrogens is 391 g/mol. The van der Waals surface area contributed by atoms with E-state index in [4.69, 9.17) is 16.1 Å². The molecule has 0 spiro atoms. The zero-order valence-corrected chi connectivity index (χ0v) is 13.7. The molecule has 3 rings (SSSR count). The lowest BCUT2D eigenvalue weighted by Gasteiger charge is -2.05. The van der Waals surface area contributed by atoms with Crippen LogP contribution in [-0.4, -0.2) is 19.7 Å². The zero-order chi connectivity index (χ0) is 14.1. The molecule has 0 atom stereocenters. The Bertz CT molecular complexity index is 752. The maximum absolute atomic E-state index is 5.99. The van der Waals surface area contributed by atoms with E-state index in [1.54, 1.807) is 0 Å². The van der Waals surface area contributed by atoms with Crippen molar-refractivity contribution in [3.05, 3.63) is 39.3 Å². The fourth-order valence-electron chi connectivity index (χ4n) is 2.15. The highest BCUT2D eigenvalue weighted by Crippen LogP contribution is 2.20. The van der Waals surface area contributed by atoms with E-state index in [0.717, 1.165) is 27.0 Å². The van der Waals surface area contributed by atoms with Crippen LogP contribution in [0.5, 0.6) is 0 Å². The summed E-state index contributed by atoms with van der Waals surface area (Å²) in [5, 5.41) is 3.80. The average molecular weight is 403 g/mol. The van der Waals surface area contributed by atoms with Gasteiger partial charge in [0.2, 0.25) is 5.89 Å². The Balaban J connectivity index is 1.93. The van der Waals surface area contributed by atoms with Gasteiger partial charge in [-0.25, -0.2) is 4.98 Å². The van der Waals surface area contributed by atoms with Crippen molar-refractivity contribution in [1.82, 2.24) is 19.7 Å². The van der Waals surface area contributed by atoms with Crippen molar-refractivity contribution in [2.75, 3.05) is 0 Å². The van der Waals surface area contributed by atoms with Crippen molar-refractivity contribution >= 4 is 45.2 Å². The third-order valence-electron chi connectivity index (χ3n) is 3.03. The van der Waals surface area contributed by atoms with Gasteiger partial charge < -0.3 is 9.09 Å². The molecule has 3 aromatic rings. The standard InChI is InChI=1S/C13H12ClIN4O/c1-8-16-13(20-18-8)4-5-19-11-3-2-9(15)6-10(11)17-12(19)7-14/h2-3,6H,4-5,7H2,1H3. The molecule has 20 heavy (non-hydrogen) atoms. The molecule has 0 aliphatic rings. The quantitative estimate of drug-likeness (QED) is 0.496. The van der Waals surface area contributed by atoms with Crippen LogP contribution in [0.4, 0.5) is 0 Å². The van der Waals surface area contributed by atoms with Gasteiger partial charge in [0.1, 0.15) is 5.82 Å². The minimum Gasteiger partial charge on any atom is -0.339 e. The summed E-state index contributed by atoms with van der Waals surface area (Å²) >= 11 is 8.27. The van der Waals surface area contributed by atoms with Gasteiger partial charge in [0.05, 0.1) is 16.9 Å². The van der Waals surface area contributed by atoms with E-state index in [2.05, 4.69) is 60.5 Å². The number of fused-ring (bicyclic) bond motifs is 1. The van der Waals surface area contributed by atoms with Gasteiger partial charge in [-0.2, -0.15) is 4.98 Å². The zero-order valence-electron chi connectivity index (χ0n) is 10.8. The van der Waals surface area contributed by atoms with Crippen molar-refractivity contribution in [3.8, 4) is 0 Å². The Labute approximate surface area is 134 Å². The molecular formula is C13H12ClIN4O. The molecule has 0 N–H and O–H groups in total. The Kier molecular flexibility index (Phi) is 3.93. The lowest BCUT2D eigenvalue weighted by atomic mass is 10.3. The highest BCUT2D eigenvalue weighted by atomic mass is 127. The van der Waals surface area contributed by atoms with Crippen LogP contribution >= 0.6 is 34.2 Å². The molecule has 0 saturated heterocycles. The first-order chi connectivity index (χ1) is 9.67. The first-order valence-corrected chi connectivity index (χ1v) is 7.78. The SMILES string of the molecule is Cc1noc(CCn2c(CCl)nc3cc(I)ccc32)n1. The van der Waals surface area contributed by atoms with Crippen molar-refractivity contribution in [2.24, 2.45) is 0 Å². The second kappa shape index (κ2) is 5.69. The number of imidazole rings is 1. The molecule has 0 fully saturated rings. The summed E-state index contributed by atoms with van der Waals surface area (Å²) in [5.74, 6) is 2.53. The van der Waals surface area contributed by atoms with Gasteiger partial charge in [-0.1, -0.05) is 5.16 Å². The van der Waals surface area contributed by atoms with E-state index in [-0.39, 0.29) is 0 Å². The van der Waals surface area contributed by atoms with E-state index in [1.807, 2.05) is 6.92 Å². The van der Waals surface area contributed by atoms with Gasteiger partial charge in [-0.15, -0.1) is 11.6 Å². The number of hydrogen-bond acceptors (Lipinski definition) is 4. The van der Waals surface area contributed by atoms with Crippen molar-refractivity contribution in [1.29, 1.82) is 0 Å². The molecule has 104 valence electrons. The number of aryl methyl sites for hydroxylation is 3. The van der Waals surface area contributed by atoms with E-state index in [9.17, 15) is 0 Å². The predicted octanol–water partition coefficient (Wildman–Crippen LogP) is 3.31. The first-order valence-electron chi connectivity index (χ1n) is 6.17. The molecule has 0 saturated carbocycles. The van der Waals surface area contributed by atoms with Crippen LogP contribution in [0.1, 0.15) is 17.5 Å². The monoisotopic (exact) mass is 402 g/mol. The van der Waals surface area contributed by atoms with Gasteiger partial charge in [0.15, 0.2) is 5.82 Å². The molecule has 0 radical (unpaired) electrons. The van der Waals surface area contributed by atoms with Gasteiger partial charge in [0, 0.05) is 16.5 Å². The topological polar surface area (TPSA) is 56.7 Å². The first kappa shape index (κ1) is 13.8. The number of halogens is 2. The minimum atomic E-state index is 0.383. The number of alkyl halides is 1. The third kappa shape index (κ3) is 2.67. The number of hydrogen-bond donors (Lipinski definition) is 0. The maximum atomic E-state index is 5.99. The van der Waals surface area contributed by atoms with Crippen molar-refractivity contribution in [3.63, 3.8) is 0 Å². The number of benzene rings is 1. The molecule has 2 aromatic heterocycles. The molecule has 0 amide bonds. The molecule has 0 bridgehead atoms. The molecule has 5 nitrogen and oxygen atoms in total. The van der Waals surface area contributed by atoms with Crippen molar-refractivity contribution < 1.29 is 4.52 Å². The smallest absolute Gasteiger partial charge is 0.228 e. The second-order valence-corrected chi connectivity index (χ2v) is 5.94. The second-order valence-electron chi connectivity index (χ2n) is 4.43. The highest BCUT2D eigenvalue weighted by Gasteiger charge is 2.11. The Morgan fingerprint density at radius 3 is 2.90 bits per heavy atom. The summed E-state index contributed by atoms with van der Waals surface area (Å²) in [6.07, 6.45) is 0.669. The molecule has 1 aromatic carbocycles. The Hall–Kier alpha value is -1.15. The van der Waals surface area contributed by atoms with Crippen LogP contribution in [-0.2, 0) is 18.8 Å². The van der Waals surface area contributed by atoms with E-state index in [0.29, 0.717) is 24.0 Å². The summed E-state index contributed by atoms with van der Waals surface area (Å²) in [6.45, 7) is 2.53.